The van der Waals surface area contributed by atoms with Crippen molar-refractivity contribution in [1.82, 2.24) is 9.80 Å². The largest absolute Gasteiger partial charge is 0.330 e. The zero-order valence-corrected chi connectivity index (χ0v) is 16.5. The summed E-state index contributed by atoms with van der Waals surface area (Å²) in [6.07, 6.45) is 2.19. The van der Waals surface area contributed by atoms with Gasteiger partial charge in [0.25, 0.3) is 0 Å². The van der Waals surface area contributed by atoms with Crippen LogP contribution in [0.3, 0.4) is 0 Å². The second kappa shape index (κ2) is 9.33. The van der Waals surface area contributed by atoms with Crippen LogP contribution in [-0.2, 0) is 5.41 Å². The van der Waals surface area contributed by atoms with Crippen LogP contribution >= 0.6 is 0 Å². The fourth-order valence-corrected chi connectivity index (χ4v) is 3.52. The summed E-state index contributed by atoms with van der Waals surface area (Å²) in [6.45, 7) is 9.42. The van der Waals surface area contributed by atoms with Gasteiger partial charge in [-0.3, -0.25) is 0 Å². The Bertz CT molecular complexity index is 633. The Labute approximate surface area is 153 Å². The molecule has 25 heavy (non-hydrogen) atoms. The Morgan fingerprint density at radius 2 is 1.40 bits per heavy atom. The highest BCUT2D eigenvalue weighted by Crippen LogP contribution is 2.36. The number of rotatable bonds is 10. The summed E-state index contributed by atoms with van der Waals surface area (Å²) in [4.78, 5) is 4.78. The molecule has 0 aliphatic carbocycles. The molecule has 2 N–H and O–H groups in total. The van der Waals surface area contributed by atoms with E-state index in [-0.39, 0.29) is 5.41 Å². The number of fused-ring (bicyclic) bond motifs is 1. The van der Waals surface area contributed by atoms with E-state index in [4.69, 9.17) is 5.73 Å². The second-order valence-corrected chi connectivity index (χ2v) is 7.30. The first kappa shape index (κ1) is 19.9. The standard InChI is InChI=1S/C22H35N3/c1-5-24(3)16-14-22(18-23,15-17-25(4)6-2)21-13-9-11-19-10-7-8-12-20(19)21/h7-13H,5-6,14-18,23H2,1-4H3. The molecule has 0 fully saturated rings. The van der Waals surface area contributed by atoms with E-state index in [1.165, 1.54) is 16.3 Å². The van der Waals surface area contributed by atoms with Crippen molar-refractivity contribution in [1.29, 1.82) is 0 Å². The van der Waals surface area contributed by atoms with Crippen LogP contribution in [0.15, 0.2) is 42.5 Å². The van der Waals surface area contributed by atoms with Gasteiger partial charge in [-0.25, -0.2) is 0 Å². The van der Waals surface area contributed by atoms with Crippen LogP contribution in [0.2, 0.25) is 0 Å². The van der Waals surface area contributed by atoms with E-state index < -0.39 is 0 Å². The zero-order valence-electron chi connectivity index (χ0n) is 16.5. The van der Waals surface area contributed by atoms with E-state index in [1.807, 2.05) is 0 Å². The summed E-state index contributed by atoms with van der Waals surface area (Å²) in [7, 11) is 4.39. The predicted octanol–water partition coefficient (Wildman–Crippen LogP) is 3.72. The molecule has 0 heterocycles. The Hall–Kier alpha value is -1.42. The van der Waals surface area contributed by atoms with Crippen molar-refractivity contribution in [3.8, 4) is 0 Å². The van der Waals surface area contributed by atoms with E-state index in [0.29, 0.717) is 6.54 Å². The molecule has 0 bridgehead atoms. The molecule has 0 aliphatic rings. The quantitative estimate of drug-likeness (QED) is 0.715. The molecular weight excluding hydrogens is 306 g/mol. The first-order valence-electron chi connectivity index (χ1n) is 9.61. The Balaban J connectivity index is 2.43. The number of nitrogens with two attached hydrogens (primary N) is 1. The van der Waals surface area contributed by atoms with Gasteiger partial charge in [-0.15, -0.1) is 0 Å². The highest BCUT2D eigenvalue weighted by Gasteiger charge is 2.32. The van der Waals surface area contributed by atoms with Crippen molar-refractivity contribution in [3.05, 3.63) is 48.0 Å². The minimum absolute atomic E-state index is 0.0216. The minimum atomic E-state index is 0.0216. The monoisotopic (exact) mass is 341 g/mol. The number of benzene rings is 2. The van der Waals surface area contributed by atoms with Gasteiger partial charge in [-0.05, 0) is 69.5 Å². The Kier molecular flexibility index (Phi) is 7.42. The van der Waals surface area contributed by atoms with E-state index >= 15 is 0 Å². The van der Waals surface area contributed by atoms with E-state index in [2.05, 4.69) is 80.2 Å². The smallest absolute Gasteiger partial charge is 0.0106 e. The lowest BCUT2D eigenvalue weighted by molar-refractivity contribution is 0.246. The molecule has 2 aromatic rings. The van der Waals surface area contributed by atoms with Gasteiger partial charge in [-0.2, -0.15) is 0 Å². The van der Waals surface area contributed by atoms with Gasteiger partial charge in [0.1, 0.15) is 0 Å². The highest BCUT2D eigenvalue weighted by molar-refractivity contribution is 5.86. The molecule has 0 spiro atoms. The molecule has 0 radical (unpaired) electrons. The van der Waals surface area contributed by atoms with Crippen molar-refractivity contribution < 1.29 is 0 Å². The van der Waals surface area contributed by atoms with Crippen molar-refractivity contribution in [2.24, 2.45) is 5.73 Å². The third-order valence-electron chi connectivity index (χ3n) is 5.78. The molecule has 0 aromatic heterocycles. The van der Waals surface area contributed by atoms with Crippen LogP contribution in [0, 0.1) is 0 Å². The van der Waals surface area contributed by atoms with E-state index in [9.17, 15) is 0 Å². The second-order valence-electron chi connectivity index (χ2n) is 7.30. The van der Waals surface area contributed by atoms with Crippen LogP contribution in [0.5, 0.6) is 0 Å². The first-order valence-corrected chi connectivity index (χ1v) is 9.61. The highest BCUT2D eigenvalue weighted by atomic mass is 15.1. The minimum Gasteiger partial charge on any atom is -0.330 e. The summed E-state index contributed by atoms with van der Waals surface area (Å²) in [5.74, 6) is 0. The Morgan fingerprint density at radius 3 is 1.96 bits per heavy atom. The lowest BCUT2D eigenvalue weighted by Gasteiger charge is -2.37. The molecule has 0 saturated carbocycles. The molecule has 0 saturated heterocycles. The fraction of sp³-hybridized carbons (Fsp3) is 0.545. The van der Waals surface area contributed by atoms with Gasteiger partial charge < -0.3 is 15.5 Å². The average molecular weight is 342 g/mol. The predicted molar refractivity (Wildman–Crippen MR) is 110 cm³/mol. The maximum Gasteiger partial charge on any atom is 0.0106 e. The summed E-state index contributed by atoms with van der Waals surface area (Å²) in [5, 5.41) is 2.67. The van der Waals surface area contributed by atoms with Gasteiger partial charge in [0, 0.05) is 12.0 Å². The van der Waals surface area contributed by atoms with Crippen LogP contribution in [0.4, 0.5) is 0 Å². The van der Waals surface area contributed by atoms with Crippen LogP contribution in [0.25, 0.3) is 10.8 Å². The van der Waals surface area contributed by atoms with Gasteiger partial charge in [0.15, 0.2) is 0 Å². The maximum absolute atomic E-state index is 6.45. The third kappa shape index (κ3) is 4.81. The first-order chi connectivity index (χ1) is 12.1. The van der Waals surface area contributed by atoms with Gasteiger partial charge in [0.2, 0.25) is 0 Å². The molecule has 3 heteroatoms. The Morgan fingerprint density at radius 1 is 0.840 bits per heavy atom. The molecule has 2 aromatic carbocycles. The lowest BCUT2D eigenvalue weighted by atomic mass is 9.73. The molecule has 0 aliphatic heterocycles. The third-order valence-corrected chi connectivity index (χ3v) is 5.78. The zero-order chi connectivity index (χ0) is 18.3. The van der Waals surface area contributed by atoms with Crippen molar-refractivity contribution in [2.45, 2.75) is 32.1 Å². The number of hydrogen-bond acceptors (Lipinski definition) is 3. The maximum atomic E-state index is 6.45. The molecule has 2 rings (SSSR count). The van der Waals surface area contributed by atoms with Crippen molar-refractivity contribution >= 4 is 10.8 Å². The number of nitrogens with zero attached hydrogens (tertiary/aromatic N) is 2. The molecule has 0 atom stereocenters. The topological polar surface area (TPSA) is 32.5 Å². The van der Waals surface area contributed by atoms with E-state index in [1.54, 1.807) is 0 Å². The molecule has 0 unspecified atom stereocenters. The SMILES string of the molecule is CCN(C)CCC(CN)(CCN(C)CC)c1cccc2ccccc12. The average Bonchev–Trinajstić information content (AvgIpc) is 2.67. The van der Waals surface area contributed by atoms with Crippen LogP contribution in [0.1, 0.15) is 32.3 Å². The molecule has 138 valence electrons. The normalized spacial score (nSPS) is 12.4. The van der Waals surface area contributed by atoms with Crippen LogP contribution in [-0.4, -0.2) is 56.6 Å². The summed E-state index contributed by atoms with van der Waals surface area (Å²) < 4.78 is 0. The molecule has 0 amide bonds. The summed E-state index contributed by atoms with van der Waals surface area (Å²) in [6, 6.07) is 15.4. The van der Waals surface area contributed by atoms with Gasteiger partial charge >= 0.3 is 0 Å². The molecule has 3 nitrogen and oxygen atoms in total. The van der Waals surface area contributed by atoms with Crippen LogP contribution < -0.4 is 5.73 Å². The molecular formula is C22H35N3. The van der Waals surface area contributed by atoms with Gasteiger partial charge in [-0.1, -0.05) is 56.3 Å². The van der Waals surface area contributed by atoms with Crippen molar-refractivity contribution in [2.75, 3.05) is 46.8 Å². The van der Waals surface area contributed by atoms with Gasteiger partial charge in [0.05, 0.1) is 0 Å². The van der Waals surface area contributed by atoms with E-state index in [0.717, 1.165) is 39.0 Å². The fourth-order valence-electron chi connectivity index (χ4n) is 3.52. The number of hydrogen-bond donors (Lipinski definition) is 1. The lowest BCUT2D eigenvalue weighted by Crippen LogP contribution is -2.41. The summed E-state index contributed by atoms with van der Waals surface area (Å²) >= 11 is 0. The summed E-state index contributed by atoms with van der Waals surface area (Å²) in [5.41, 5.74) is 7.89. The van der Waals surface area contributed by atoms with Crippen molar-refractivity contribution in [3.63, 3.8) is 0 Å².